The van der Waals surface area contributed by atoms with Gasteiger partial charge in [0, 0.05) is 51.0 Å². The van der Waals surface area contributed by atoms with Crippen molar-refractivity contribution in [3.8, 4) is 5.75 Å². The maximum atomic E-state index is 13.1. The number of aromatic hydroxyl groups is 1. The van der Waals surface area contributed by atoms with E-state index in [1.54, 1.807) is 18.3 Å². The first-order valence-corrected chi connectivity index (χ1v) is 19.9. The third-order valence-electron chi connectivity index (χ3n) is 11.9. The van der Waals surface area contributed by atoms with Gasteiger partial charge in [0.25, 0.3) is 0 Å². The number of fused-ring (bicyclic) bond motifs is 1. The number of hydrogen-bond donors (Lipinski definition) is 2. The molecule has 1 aliphatic carbocycles. The number of nitrogens with one attached hydrogen (secondary N) is 1. The number of nitrogens with zero attached hydrogens (tertiary/aromatic N) is 3. The number of carbonyl (C=O) groups excluding carboxylic acids is 3. The molecule has 3 fully saturated rings. The third kappa shape index (κ3) is 8.03. The summed E-state index contributed by atoms with van der Waals surface area (Å²) in [4.78, 5) is 43.7. The van der Waals surface area contributed by atoms with Crippen LogP contribution in [0.15, 0.2) is 115 Å². The molecule has 0 aromatic heterocycles. The van der Waals surface area contributed by atoms with Crippen LogP contribution in [-0.2, 0) is 19.1 Å². The molecule has 2 atom stereocenters. The molecule has 2 N–H and O–H groups in total. The molecule has 0 bridgehead atoms. The van der Waals surface area contributed by atoms with E-state index in [9.17, 15) is 19.5 Å². The Morgan fingerprint density at radius 3 is 2.18 bits per heavy atom. The topological polar surface area (TPSA) is 102 Å². The van der Waals surface area contributed by atoms with Gasteiger partial charge in [0.05, 0.1) is 5.92 Å². The highest BCUT2D eigenvalue weighted by Gasteiger charge is 2.41. The van der Waals surface area contributed by atoms with E-state index in [1.165, 1.54) is 45.7 Å². The number of piperidine rings is 3. The number of likely N-dealkylation sites (tertiary alicyclic amines) is 1. The number of rotatable bonds is 10. The first-order chi connectivity index (χ1) is 26.8. The van der Waals surface area contributed by atoms with E-state index in [2.05, 4.69) is 76.6 Å². The van der Waals surface area contributed by atoms with Crippen LogP contribution in [0.2, 0.25) is 0 Å². The Morgan fingerprint density at radius 1 is 0.818 bits per heavy atom. The second-order valence-corrected chi connectivity index (χ2v) is 15.4. The quantitative estimate of drug-likeness (QED) is 0.170. The highest BCUT2D eigenvalue weighted by Crippen LogP contribution is 2.37. The summed E-state index contributed by atoms with van der Waals surface area (Å²) in [6.45, 7) is 7.45. The number of imide groups is 1. The monoisotopic (exact) mass is 738 g/mol. The number of allylic oxidation sites excluding steroid dienone is 3. The van der Waals surface area contributed by atoms with Crippen molar-refractivity contribution in [2.45, 2.75) is 64.0 Å². The number of benzene rings is 3. The molecule has 3 aromatic rings. The van der Waals surface area contributed by atoms with Gasteiger partial charge in [0.15, 0.2) is 0 Å². The largest absolute Gasteiger partial charge is 0.508 e. The van der Waals surface area contributed by atoms with Crippen molar-refractivity contribution in [2.75, 3.05) is 37.6 Å². The summed E-state index contributed by atoms with van der Waals surface area (Å²) in [6.07, 6.45) is 13.3. The molecule has 2 unspecified atom stereocenters. The van der Waals surface area contributed by atoms with Gasteiger partial charge in [-0.15, -0.1) is 0 Å². The van der Waals surface area contributed by atoms with E-state index in [1.807, 2.05) is 30.4 Å². The minimum Gasteiger partial charge on any atom is -0.508 e. The van der Waals surface area contributed by atoms with Crippen LogP contribution in [0.25, 0.3) is 11.1 Å². The second kappa shape index (κ2) is 16.1. The van der Waals surface area contributed by atoms with E-state index in [4.69, 9.17) is 4.74 Å². The predicted octanol–water partition coefficient (Wildman–Crippen LogP) is 7.06. The molecule has 9 nitrogen and oxygen atoms in total. The van der Waals surface area contributed by atoms with Crippen LogP contribution in [0, 0.1) is 11.8 Å². The Bertz CT molecular complexity index is 2020. The van der Waals surface area contributed by atoms with Crippen LogP contribution in [0.1, 0.15) is 68.6 Å². The Morgan fingerprint density at radius 2 is 1.51 bits per heavy atom. The standard InChI is InChI=1S/C46H50N4O5/c1-2-40(32-6-4-3-5-7-32)44(34-10-14-37(51)15-11-34)33-8-12-36(13-9-33)49-26-20-31(21-27-49)29-48-24-22-38(23-25-48)55-39-16-17-41-35(28-39)30-50(46(41)54)42-18-19-43(52)47-45(42)53/h3-17,28,30-31,38,41-42,51H,2,18-27,29H2,1H3,(H,47,52,53)/b44-40+. The number of ether oxygens (including phenoxy) is 1. The minimum atomic E-state index is -0.647. The van der Waals surface area contributed by atoms with Gasteiger partial charge in [-0.1, -0.05) is 67.6 Å². The lowest BCUT2D eigenvalue weighted by atomic mass is 9.88. The Kier molecular flexibility index (Phi) is 10.7. The molecule has 4 aliphatic heterocycles. The molecule has 4 heterocycles. The Balaban J connectivity index is 0.828. The average molecular weight is 739 g/mol. The van der Waals surface area contributed by atoms with Gasteiger partial charge >= 0.3 is 0 Å². The first-order valence-electron chi connectivity index (χ1n) is 19.9. The van der Waals surface area contributed by atoms with Crippen LogP contribution < -0.4 is 10.2 Å². The number of phenols is 1. The molecule has 8 rings (SSSR count). The zero-order chi connectivity index (χ0) is 37.9. The zero-order valence-corrected chi connectivity index (χ0v) is 31.5. The fourth-order valence-electron chi connectivity index (χ4n) is 8.88. The van der Waals surface area contributed by atoms with Gasteiger partial charge in [0.1, 0.15) is 23.7 Å². The highest BCUT2D eigenvalue weighted by atomic mass is 16.5. The van der Waals surface area contributed by atoms with Gasteiger partial charge in [-0.2, -0.15) is 0 Å². The third-order valence-corrected chi connectivity index (χ3v) is 11.9. The van der Waals surface area contributed by atoms with Crippen molar-refractivity contribution in [3.63, 3.8) is 0 Å². The van der Waals surface area contributed by atoms with E-state index in [-0.39, 0.29) is 30.1 Å². The van der Waals surface area contributed by atoms with Gasteiger partial charge in [-0.3, -0.25) is 19.7 Å². The summed E-state index contributed by atoms with van der Waals surface area (Å²) in [5.41, 5.74) is 8.08. The lowest BCUT2D eigenvalue weighted by molar-refractivity contribution is -0.143. The molecule has 55 heavy (non-hydrogen) atoms. The smallest absolute Gasteiger partial charge is 0.249 e. The number of carbonyl (C=O) groups is 3. The van der Waals surface area contributed by atoms with Crippen molar-refractivity contribution < 1.29 is 24.2 Å². The SMILES string of the molecule is CC/C(=C(\c1ccc(O)cc1)c1ccc(N2CCC(CN3CCC(OC4=CC5=CN(C6CCC(=O)NC6=O)C(=O)C5C=C4)CC3)CC2)cc1)c1ccccc1. The second-order valence-electron chi connectivity index (χ2n) is 15.4. The fourth-order valence-corrected chi connectivity index (χ4v) is 8.88. The van der Waals surface area contributed by atoms with Crippen molar-refractivity contribution in [1.82, 2.24) is 15.1 Å². The number of amides is 3. The van der Waals surface area contributed by atoms with E-state index in [0.717, 1.165) is 68.9 Å². The molecular weight excluding hydrogens is 689 g/mol. The van der Waals surface area contributed by atoms with Crippen LogP contribution in [-0.4, -0.2) is 77.5 Å². The summed E-state index contributed by atoms with van der Waals surface area (Å²) in [6, 6.07) is 26.5. The van der Waals surface area contributed by atoms with Gasteiger partial charge in [-0.05, 0) is 114 Å². The number of hydrogen-bond acceptors (Lipinski definition) is 7. The molecule has 0 spiro atoms. The molecule has 284 valence electrons. The predicted molar refractivity (Wildman–Crippen MR) is 214 cm³/mol. The average Bonchev–Trinajstić information content (AvgIpc) is 3.53. The number of anilines is 1. The van der Waals surface area contributed by atoms with Gasteiger partial charge in [-0.25, -0.2) is 0 Å². The maximum Gasteiger partial charge on any atom is 0.249 e. The van der Waals surface area contributed by atoms with Crippen molar-refractivity contribution in [1.29, 1.82) is 0 Å². The van der Waals surface area contributed by atoms with Crippen LogP contribution >= 0.6 is 0 Å². The molecule has 0 radical (unpaired) electrons. The van der Waals surface area contributed by atoms with Gasteiger partial charge < -0.3 is 24.5 Å². The van der Waals surface area contributed by atoms with Crippen molar-refractivity contribution in [3.05, 3.63) is 131 Å². The zero-order valence-electron chi connectivity index (χ0n) is 31.5. The van der Waals surface area contributed by atoms with Crippen LogP contribution in [0.4, 0.5) is 5.69 Å². The Labute approximate surface area is 323 Å². The van der Waals surface area contributed by atoms with E-state index < -0.39 is 17.9 Å². The minimum absolute atomic E-state index is 0.128. The van der Waals surface area contributed by atoms with Crippen molar-refractivity contribution in [2.24, 2.45) is 11.8 Å². The summed E-state index contributed by atoms with van der Waals surface area (Å²) in [5.74, 6) is 0.462. The molecule has 3 amide bonds. The maximum absolute atomic E-state index is 13.1. The summed E-state index contributed by atoms with van der Waals surface area (Å²) < 4.78 is 6.42. The summed E-state index contributed by atoms with van der Waals surface area (Å²) >= 11 is 0. The van der Waals surface area contributed by atoms with E-state index in [0.29, 0.717) is 12.3 Å². The molecular formula is C46H50N4O5. The first kappa shape index (κ1) is 36.6. The summed E-state index contributed by atoms with van der Waals surface area (Å²) in [5, 5.41) is 12.4. The molecule has 0 saturated carbocycles. The van der Waals surface area contributed by atoms with Gasteiger partial charge in [0.2, 0.25) is 17.7 Å². The lowest BCUT2D eigenvalue weighted by Crippen LogP contribution is -2.52. The molecule has 3 aromatic carbocycles. The highest BCUT2D eigenvalue weighted by molar-refractivity contribution is 6.03. The molecule has 9 heteroatoms. The van der Waals surface area contributed by atoms with Crippen LogP contribution in [0.3, 0.4) is 0 Å². The summed E-state index contributed by atoms with van der Waals surface area (Å²) in [7, 11) is 0. The lowest BCUT2D eigenvalue weighted by Gasteiger charge is -2.38. The van der Waals surface area contributed by atoms with Crippen LogP contribution in [0.5, 0.6) is 5.75 Å². The fraction of sp³-hybridized carbons (Fsp3) is 0.370. The van der Waals surface area contributed by atoms with Crippen molar-refractivity contribution >= 4 is 34.6 Å². The van der Waals surface area contributed by atoms with E-state index >= 15 is 0 Å². The molecule has 5 aliphatic rings. The Hall–Kier alpha value is -5.41. The molecule has 3 saturated heterocycles. The number of phenolic OH excluding ortho intramolecular Hbond substituents is 1. The normalized spacial score (nSPS) is 22.9.